The average molecular weight is 313 g/mol. The van der Waals surface area contributed by atoms with Crippen molar-refractivity contribution < 1.29 is 4.79 Å². The van der Waals surface area contributed by atoms with Crippen molar-refractivity contribution in [1.82, 2.24) is 14.9 Å². The van der Waals surface area contributed by atoms with Crippen LogP contribution in [-0.2, 0) is 6.42 Å². The highest BCUT2D eigenvalue weighted by molar-refractivity contribution is 7.12. The van der Waals surface area contributed by atoms with Gasteiger partial charge in [0.25, 0.3) is 5.91 Å². The molecule has 4 rings (SSSR count). The Bertz CT molecular complexity index is 711. The van der Waals surface area contributed by atoms with Gasteiger partial charge in [0.2, 0.25) is 0 Å². The summed E-state index contributed by atoms with van der Waals surface area (Å²) in [7, 11) is 0. The minimum atomic E-state index is 0.172. The van der Waals surface area contributed by atoms with Crippen LogP contribution in [0.2, 0.25) is 0 Å². The Hall–Kier alpha value is -1.75. The van der Waals surface area contributed by atoms with E-state index < -0.39 is 0 Å². The first-order chi connectivity index (χ1) is 10.6. The van der Waals surface area contributed by atoms with Crippen molar-refractivity contribution in [3.8, 4) is 0 Å². The Balaban J connectivity index is 1.56. The van der Waals surface area contributed by atoms with Crippen molar-refractivity contribution in [2.45, 2.75) is 32.1 Å². The molecule has 3 heterocycles. The molecular formula is C17H19N3OS. The fourth-order valence-corrected chi connectivity index (χ4v) is 4.28. The summed E-state index contributed by atoms with van der Waals surface area (Å²) in [4.78, 5) is 24.6. The predicted molar refractivity (Wildman–Crippen MR) is 86.3 cm³/mol. The topological polar surface area (TPSA) is 46.1 Å². The molecule has 1 saturated heterocycles. The molecule has 2 aromatic rings. The van der Waals surface area contributed by atoms with Gasteiger partial charge in [0.05, 0.1) is 4.88 Å². The van der Waals surface area contributed by atoms with Crippen LogP contribution >= 0.6 is 11.3 Å². The van der Waals surface area contributed by atoms with Crippen LogP contribution < -0.4 is 0 Å². The maximum absolute atomic E-state index is 12.5. The van der Waals surface area contributed by atoms with Crippen molar-refractivity contribution in [2.75, 3.05) is 13.1 Å². The summed E-state index contributed by atoms with van der Waals surface area (Å²) in [6, 6.07) is 3.85. The van der Waals surface area contributed by atoms with Crippen molar-refractivity contribution in [3.63, 3.8) is 0 Å². The third kappa shape index (κ3) is 2.15. The number of rotatable bonds is 2. The van der Waals surface area contributed by atoms with E-state index in [1.54, 1.807) is 0 Å². The van der Waals surface area contributed by atoms with Crippen molar-refractivity contribution in [3.05, 3.63) is 45.7 Å². The van der Waals surface area contributed by atoms with Gasteiger partial charge in [-0.05, 0) is 29.3 Å². The standard InChI is InChI=1S/C17H19N3OS/c1-10(2)16-18-7-12-13-9-20(8-11(13)6-14(12)19-16)17(21)15-4-3-5-22-15/h3-5,7,10-11,13H,6,8-9H2,1-2H3/t11-,13+/m0/s1. The van der Waals surface area contributed by atoms with E-state index in [1.807, 2.05) is 28.6 Å². The summed E-state index contributed by atoms with van der Waals surface area (Å²) in [5.74, 6) is 2.40. The molecule has 114 valence electrons. The van der Waals surface area contributed by atoms with E-state index in [1.165, 1.54) is 22.6 Å². The first-order valence-corrected chi connectivity index (χ1v) is 8.70. The minimum absolute atomic E-state index is 0.172. The highest BCUT2D eigenvalue weighted by Crippen LogP contribution is 2.42. The Kier molecular flexibility index (Phi) is 3.26. The highest BCUT2D eigenvalue weighted by Gasteiger charge is 2.42. The van der Waals surface area contributed by atoms with Crippen LogP contribution in [0.1, 0.15) is 52.4 Å². The Labute approximate surface area is 134 Å². The van der Waals surface area contributed by atoms with E-state index in [-0.39, 0.29) is 5.91 Å². The van der Waals surface area contributed by atoms with Crippen LogP contribution in [-0.4, -0.2) is 33.9 Å². The molecular weight excluding hydrogens is 294 g/mol. The van der Waals surface area contributed by atoms with Gasteiger partial charge in [-0.15, -0.1) is 11.3 Å². The smallest absolute Gasteiger partial charge is 0.263 e. The molecule has 0 unspecified atom stereocenters. The number of hydrogen-bond acceptors (Lipinski definition) is 4. The van der Waals surface area contributed by atoms with Crippen LogP contribution in [0, 0.1) is 5.92 Å². The van der Waals surface area contributed by atoms with Crippen molar-refractivity contribution in [1.29, 1.82) is 0 Å². The lowest BCUT2D eigenvalue weighted by Gasteiger charge is -2.17. The van der Waals surface area contributed by atoms with E-state index in [0.29, 0.717) is 17.8 Å². The van der Waals surface area contributed by atoms with Gasteiger partial charge < -0.3 is 4.90 Å². The summed E-state index contributed by atoms with van der Waals surface area (Å²) in [5, 5.41) is 1.96. The number of fused-ring (bicyclic) bond motifs is 3. The summed E-state index contributed by atoms with van der Waals surface area (Å²) in [6.45, 7) is 5.89. The quantitative estimate of drug-likeness (QED) is 0.856. The van der Waals surface area contributed by atoms with Crippen molar-refractivity contribution >= 4 is 17.2 Å². The molecule has 0 spiro atoms. The molecule has 1 aliphatic heterocycles. The van der Waals surface area contributed by atoms with Gasteiger partial charge in [0, 0.05) is 36.8 Å². The number of likely N-dealkylation sites (tertiary alicyclic amines) is 1. The zero-order valence-electron chi connectivity index (χ0n) is 12.8. The van der Waals surface area contributed by atoms with Crippen LogP contribution in [0.5, 0.6) is 0 Å². The molecule has 2 aliphatic rings. The molecule has 0 bridgehead atoms. The second-order valence-corrected chi connectivity index (χ2v) is 7.49. The van der Waals surface area contributed by atoms with Gasteiger partial charge in [0.1, 0.15) is 5.82 Å². The number of hydrogen-bond donors (Lipinski definition) is 0. The van der Waals surface area contributed by atoms with Gasteiger partial charge in [-0.2, -0.15) is 0 Å². The second-order valence-electron chi connectivity index (χ2n) is 6.54. The van der Waals surface area contributed by atoms with Crippen LogP contribution in [0.25, 0.3) is 0 Å². The highest BCUT2D eigenvalue weighted by atomic mass is 32.1. The molecule has 1 amide bonds. The number of amides is 1. The third-order valence-corrected chi connectivity index (χ3v) is 5.61. The summed E-state index contributed by atoms with van der Waals surface area (Å²) in [6.07, 6.45) is 2.98. The first kappa shape index (κ1) is 13.9. The largest absolute Gasteiger partial charge is 0.337 e. The average Bonchev–Trinajstić information content (AvgIpc) is 3.21. The molecule has 0 radical (unpaired) electrons. The molecule has 0 aromatic carbocycles. The number of nitrogens with zero attached hydrogens (tertiary/aromatic N) is 3. The SMILES string of the molecule is CC(C)c1ncc2c(n1)C[C@H]1CN(C(=O)c3cccs3)C[C@@H]21. The lowest BCUT2D eigenvalue weighted by molar-refractivity contribution is 0.0790. The first-order valence-electron chi connectivity index (χ1n) is 7.82. The van der Waals surface area contributed by atoms with E-state index in [9.17, 15) is 4.79 Å². The lowest BCUT2D eigenvalue weighted by Crippen LogP contribution is -2.29. The maximum atomic E-state index is 12.5. The summed E-state index contributed by atoms with van der Waals surface area (Å²) in [5.41, 5.74) is 2.47. The zero-order valence-corrected chi connectivity index (χ0v) is 13.6. The van der Waals surface area contributed by atoms with Crippen LogP contribution in [0.3, 0.4) is 0 Å². The van der Waals surface area contributed by atoms with Gasteiger partial charge in [-0.1, -0.05) is 19.9 Å². The van der Waals surface area contributed by atoms with E-state index in [4.69, 9.17) is 4.98 Å². The molecule has 5 heteroatoms. The number of carbonyl (C=O) groups excluding carboxylic acids is 1. The lowest BCUT2D eigenvalue weighted by atomic mass is 9.97. The minimum Gasteiger partial charge on any atom is -0.337 e. The molecule has 4 nitrogen and oxygen atoms in total. The molecule has 0 saturated carbocycles. The number of carbonyl (C=O) groups is 1. The predicted octanol–water partition coefficient (Wildman–Crippen LogP) is 3.07. The molecule has 2 atom stereocenters. The molecule has 2 aromatic heterocycles. The monoisotopic (exact) mass is 313 g/mol. The van der Waals surface area contributed by atoms with Crippen LogP contribution in [0.4, 0.5) is 0 Å². The van der Waals surface area contributed by atoms with Gasteiger partial charge in [-0.25, -0.2) is 9.97 Å². The van der Waals surface area contributed by atoms with Gasteiger partial charge in [0.15, 0.2) is 0 Å². The van der Waals surface area contributed by atoms with Crippen LogP contribution in [0.15, 0.2) is 23.7 Å². The zero-order chi connectivity index (χ0) is 15.3. The Morgan fingerprint density at radius 3 is 3.00 bits per heavy atom. The van der Waals surface area contributed by atoms with E-state index >= 15 is 0 Å². The third-order valence-electron chi connectivity index (χ3n) is 4.75. The van der Waals surface area contributed by atoms with E-state index in [0.717, 1.165) is 30.2 Å². The molecule has 22 heavy (non-hydrogen) atoms. The fraction of sp³-hybridized carbons (Fsp3) is 0.471. The van der Waals surface area contributed by atoms with Gasteiger partial charge in [-0.3, -0.25) is 4.79 Å². The summed E-state index contributed by atoms with van der Waals surface area (Å²) < 4.78 is 0. The Morgan fingerprint density at radius 2 is 2.27 bits per heavy atom. The maximum Gasteiger partial charge on any atom is 0.263 e. The van der Waals surface area contributed by atoms with Gasteiger partial charge >= 0.3 is 0 Å². The molecule has 1 aliphatic carbocycles. The van der Waals surface area contributed by atoms with E-state index in [2.05, 4.69) is 18.8 Å². The number of aromatic nitrogens is 2. The van der Waals surface area contributed by atoms with Crippen molar-refractivity contribution in [2.24, 2.45) is 5.92 Å². The fourth-order valence-electron chi connectivity index (χ4n) is 3.59. The molecule has 1 fully saturated rings. The normalized spacial score (nSPS) is 23.0. The number of thiophene rings is 1. The second kappa shape index (κ2) is 5.16. The summed E-state index contributed by atoms with van der Waals surface area (Å²) >= 11 is 1.52. The molecule has 0 N–H and O–H groups in total. The Morgan fingerprint density at radius 1 is 1.41 bits per heavy atom.